The normalized spacial score (nSPS) is 22.4. The Morgan fingerprint density at radius 3 is 2.22 bits per heavy atom. The molecule has 2 saturated heterocycles. The molecule has 2 aromatic heterocycles. The highest BCUT2D eigenvalue weighted by molar-refractivity contribution is 5.46. The third kappa shape index (κ3) is 3.30. The minimum atomic E-state index is -4.38. The molecular formula is C18H19F4N5. The summed E-state index contributed by atoms with van der Waals surface area (Å²) in [6.07, 6.45) is -1.61. The largest absolute Gasteiger partial charge is 0.417 e. The molecular weight excluding hydrogens is 362 g/mol. The third-order valence-electron chi connectivity index (χ3n) is 5.36. The van der Waals surface area contributed by atoms with E-state index in [-0.39, 0.29) is 5.82 Å². The number of pyridine rings is 1. The summed E-state index contributed by atoms with van der Waals surface area (Å²) in [4.78, 5) is 16.0. The molecule has 2 aliphatic heterocycles. The molecule has 0 bridgehead atoms. The van der Waals surface area contributed by atoms with Crippen molar-refractivity contribution >= 4 is 11.6 Å². The zero-order chi connectivity index (χ0) is 19.2. The second-order valence-electron chi connectivity index (χ2n) is 7.04. The van der Waals surface area contributed by atoms with Crippen molar-refractivity contribution in [3.63, 3.8) is 0 Å². The van der Waals surface area contributed by atoms with Gasteiger partial charge in [-0.1, -0.05) is 6.92 Å². The molecule has 0 radical (unpaired) electrons. The molecule has 4 rings (SSSR count). The Balaban J connectivity index is 1.44. The molecule has 2 aromatic rings. The molecule has 4 heterocycles. The zero-order valence-electron chi connectivity index (χ0n) is 14.7. The highest BCUT2D eigenvalue weighted by atomic mass is 19.4. The molecule has 0 aliphatic carbocycles. The summed E-state index contributed by atoms with van der Waals surface area (Å²) in [5, 5.41) is 0. The number of fused-ring (bicyclic) bond motifs is 1. The quantitative estimate of drug-likeness (QED) is 0.765. The van der Waals surface area contributed by atoms with Gasteiger partial charge in [0.15, 0.2) is 11.6 Å². The number of alkyl halides is 3. The van der Waals surface area contributed by atoms with Gasteiger partial charge in [-0.15, -0.1) is 0 Å². The standard InChI is InChI=1S/C18H19F4N5/c1-2-14-16(19)17(25-10-24-14)27-8-11-6-26(7-12(11)9-27)15-4-3-13(5-23-15)18(20,21)22/h3-5,10-12H,2,6-9H2,1H3. The predicted molar refractivity (Wildman–Crippen MR) is 92.0 cm³/mol. The van der Waals surface area contributed by atoms with Crippen LogP contribution in [-0.2, 0) is 12.6 Å². The van der Waals surface area contributed by atoms with E-state index in [2.05, 4.69) is 15.0 Å². The minimum absolute atomic E-state index is 0.300. The first-order valence-corrected chi connectivity index (χ1v) is 8.89. The van der Waals surface area contributed by atoms with Crippen LogP contribution in [0.4, 0.5) is 29.2 Å². The van der Waals surface area contributed by atoms with Gasteiger partial charge in [0.05, 0.1) is 11.3 Å². The van der Waals surface area contributed by atoms with Crippen LogP contribution in [0.25, 0.3) is 0 Å². The van der Waals surface area contributed by atoms with Gasteiger partial charge in [0.25, 0.3) is 0 Å². The summed E-state index contributed by atoms with van der Waals surface area (Å²) < 4.78 is 52.5. The fraction of sp³-hybridized carbons (Fsp3) is 0.500. The van der Waals surface area contributed by atoms with Crippen molar-refractivity contribution in [3.05, 3.63) is 41.7 Å². The van der Waals surface area contributed by atoms with Gasteiger partial charge in [-0.3, -0.25) is 0 Å². The third-order valence-corrected chi connectivity index (χ3v) is 5.36. The molecule has 2 atom stereocenters. The molecule has 2 aliphatic rings. The maximum Gasteiger partial charge on any atom is 0.417 e. The highest BCUT2D eigenvalue weighted by Crippen LogP contribution is 2.36. The molecule has 0 N–H and O–H groups in total. The van der Waals surface area contributed by atoms with Gasteiger partial charge in [0, 0.05) is 44.2 Å². The summed E-state index contributed by atoms with van der Waals surface area (Å²) in [7, 11) is 0. The maximum absolute atomic E-state index is 14.5. The predicted octanol–water partition coefficient (Wildman–Crippen LogP) is 3.16. The van der Waals surface area contributed by atoms with E-state index in [1.807, 2.05) is 16.7 Å². The lowest BCUT2D eigenvalue weighted by Crippen LogP contribution is -2.30. The molecule has 2 unspecified atom stereocenters. The van der Waals surface area contributed by atoms with E-state index in [0.717, 1.165) is 12.3 Å². The molecule has 2 fully saturated rings. The monoisotopic (exact) mass is 381 g/mol. The summed E-state index contributed by atoms with van der Waals surface area (Å²) in [6, 6.07) is 2.48. The van der Waals surface area contributed by atoms with E-state index >= 15 is 0 Å². The first kappa shape index (κ1) is 17.9. The van der Waals surface area contributed by atoms with Crippen LogP contribution in [-0.4, -0.2) is 41.1 Å². The van der Waals surface area contributed by atoms with E-state index < -0.39 is 11.7 Å². The Hall–Kier alpha value is -2.45. The zero-order valence-corrected chi connectivity index (χ0v) is 14.7. The lowest BCUT2D eigenvalue weighted by Gasteiger charge is -2.23. The van der Waals surface area contributed by atoms with E-state index in [0.29, 0.717) is 61.8 Å². The number of halogens is 4. The van der Waals surface area contributed by atoms with Crippen LogP contribution < -0.4 is 9.80 Å². The lowest BCUT2D eigenvalue weighted by molar-refractivity contribution is -0.137. The lowest BCUT2D eigenvalue weighted by atomic mass is 10.0. The number of aromatic nitrogens is 3. The number of anilines is 2. The summed E-state index contributed by atoms with van der Waals surface area (Å²) in [5.41, 5.74) is -0.338. The van der Waals surface area contributed by atoms with Gasteiger partial charge < -0.3 is 9.80 Å². The Bertz CT molecular complexity index is 809. The number of aryl methyl sites for hydroxylation is 1. The SMILES string of the molecule is CCc1ncnc(N2CC3CN(c4ccc(C(F)(F)F)cn4)CC3C2)c1F. The van der Waals surface area contributed by atoms with Crippen LogP contribution in [0.15, 0.2) is 24.7 Å². The van der Waals surface area contributed by atoms with Crippen LogP contribution in [0.3, 0.4) is 0 Å². The number of rotatable bonds is 3. The van der Waals surface area contributed by atoms with E-state index in [1.54, 1.807) is 0 Å². The summed E-state index contributed by atoms with van der Waals surface area (Å²) >= 11 is 0. The van der Waals surface area contributed by atoms with Gasteiger partial charge in [-0.05, 0) is 18.6 Å². The molecule has 0 amide bonds. The van der Waals surface area contributed by atoms with Crippen LogP contribution in [0.1, 0.15) is 18.2 Å². The average Bonchev–Trinajstić information content (AvgIpc) is 3.20. The average molecular weight is 381 g/mol. The minimum Gasteiger partial charge on any atom is -0.356 e. The molecule has 5 nitrogen and oxygen atoms in total. The Kier molecular flexibility index (Phi) is 4.39. The fourth-order valence-electron chi connectivity index (χ4n) is 3.96. The van der Waals surface area contributed by atoms with Crippen molar-refractivity contribution in [2.75, 3.05) is 36.0 Å². The molecule has 27 heavy (non-hydrogen) atoms. The van der Waals surface area contributed by atoms with E-state index in [1.165, 1.54) is 12.4 Å². The molecule has 9 heteroatoms. The van der Waals surface area contributed by atoms with Crippen molar-refractivity contribution in [3.8, 4) is 0 Å². The summed E-state index contributed by atoms with van der Waals surface area (Å²) in [5.74, 6) is 1.13. The molecule has 0 aromatic carbocycles. The maximum atomic E-state index is 14.5. The Morgan fingerprint density at radius 2 is 1.67 bits per heavy atom. The number of hydrogen-bond donors (Lipinski definition) is 0. The Labute approximate surface area is 154 Å². The van der Waals surface area contributed by atoms with Crippen molar-refractivity contribution in [1.29, 1.82) is 0 Å². The van der Waals surface area contributed by atoms with Gasteiger partial charge in [-0.25, -0.2) is 19.3 Å². The van der Waals surface area contributed by atoms with Gasteiger partial charge >= 0.3 is 6.18 Å². The number of nitrogens with zero attached hydrogens (tertiary/aromatic N) is 5. The van der Waals surface area contributed by atoms with Gasteiger partial charge in [0.2, 0.25) is 0 Å². The molecule has 0 spiro atoms. The van der Waals surface area contributed by atoms with Crippen LogP contribution >= 0.6 is 0 Å². The van der Waals surface area contributed by atoms with Crippen LogP contribution in [0.5, 0.6) is 0 Å². The van der Waals surface area contributed by atoms with E-state index in [9.17, 15) is 17.6 Å². The smallest absolute Gasteiger partial charge is 0.356 e. The first-order chi connectivity index (χ1) is 12.9. The van der Waals surface area contributed by atoms with Crippen LogP contribution in [0, 0.1) is 17.7 Å². The first-order valence-electron chi connectivity index (χ1n) is 8.89. The topological polar surface area (TPSA) is 45.2 Å². The van der Waals surface area contributed by atoms with Gasteiger partial charge in [-0.2, -0.15) is 13.2 Å². The van der Waals surface area contributed by atoms with Crippen molar-refractivity contribution in [2.45, 2.75) is 19.5 Å². The van der Waals surface area contributed by atoms with Crippen molar-refractivity contribution in [2.24, 2.45) is 11.8 Å². The summed E-state index contributed by atoms with van der Waals surface area (Å²) in [6.45, 7) is 4.56. The number of hydrogen-bond acceptors (Lipinski definition) is 5. The Morgan fingerprint density at radius 1 is 1.00 bits per heavy atom. The molecule has 0 saturated carbocycles. The fourth-order valence-corrected chi connectivity index (χ4v) is 3.96. The van der Waals surface area contributed by atoms with E-state index in [4.69, 9.17) is 0 Å². The van der Waals surface area contributed by atoms with Crippen molar-refractivity contribution < 1.29 is 17.6 Å². The second-order valence-corrected chi connectivity index (χ2v) is 7.04. The van der Waals surface area contributed by atoms with Gasteiger partial charge in [0.1, 0.15) is 12.1 Å². The van der Waals surface area contributed by atoms with Crippen LogP contribution in [0.2, 0.25) is 0 Å². The van der Waals surface area contributed by atoms with Crippen molar-refractivity contribution in [1.82, 2.24) is 15.0 Å². The molecule has 144 valence electrons. The highest BCUT2D eigenvalue weighted by Gasteiger charge is 2.42. The second kappa shape index (κ2) is 6.61.